The van der Waals surface area contributed by atoms with Crippen molar-refractivity contribution in [3.05, 3.63) is 71.3 Å². The minimum Gasteiger partial charge on any atom is -0.335 e. The Balaban J connectivity index is 1.48. The van der Waals surface area contributed by atoms with Crippen LogP contribution in [0.1, 0.15) is 80.3 Å². The molecule has 2 unspecified atom stereocenters. The van der Waals surface area contributed by atoms with Gasteiger partial charge in [-0.25, -0.2) is 5.53 Å². The van der Waals surface area contributed by atoms with Crippen LogP contribution in [0.25, 0.3) is 0 Å². The van der Waals surface area contributed by atoms with Crippen LogP contribution in [0.5, 0.6) is 0 Å². The van der Waals surface area contributed by atoms with Crippen molar-refractivity contribution in [1.82, 2.24) is 10.2 Å². The zero-order chi connectivity index (χ0) is 26.6. The largest absolute Gasteiger partial charge is 0.335 e. The van der Waals surface area contributed by atoms with E-state index in [1.807, 2.05) is 30.3 Å². The molecule has 196 valence electrons. The summed E-state index contributed by atoms with van der Waals surface area (Å²) in [7, 11) is 0. The number of guanidine groups is 1. The van der Waals surface area contributed by atoms with Gasteiger partial charge in [0.2, 0.25) is 5.91 Å². The first kappa shape index (κ1) is 26.5. The molecule has 37 heavy (non-hydrogen) atoms. The monoisotopic (exact) mass is 502 g/mol. The minimum absolute atomic E-state index is 0.0374. The van der Waals surface area contributed by atoms with Crippen molar-refractivity contribution in [2.75, 3.05) is 0 Å². The van der Waals surface area contributed by atoms with E-state index in [-0.39, 0.29) is 29.2 Å². The molecule has 8 heteroatoms. The Hall–Kier alpha value is -3.55. The molecule has 0 aliphatic heterocycles. The van der Waals surface area contributed by atoms with Crippen LogP contribution in [0.2, 0.25) is 0 Å². The first-order chi connectivity index (χ1) is 17.7. The molecule has 0 heterocycles. The van der Waals surface area contributed by atoms with Crippen LogP contribution in [-0.2, 0) is 11.3 Å². The summed E-state index contributed by atoms with van der Waals surface area (Å²) in [5, 5.41) is 8.72. The first-order valence-corrected chi connectivity index (χ1v) is 13.1. The van der Waals surface area contributed by atoms with Gasteiger partial charge in [-0.05, 0) is 72.6 Å². The molecular weight excluding hydrogens is 464 g/mol. The maximum absolute atomic E-state index is 13.8. The maximum atomic E-state index is 13.8. The Bertz CT molecular complexity index is 1130. The van der Waals surface area contributed by atoms with Crippen molar-refractivity contribution in [3.8, 4) is 0 Å². The van der Waals surface area contributed by atoms with Crippen LogP contribution >= 0.6 is 0 Å². The molecule has 2 aliphatic carbocycles. The SMILES string of the molecule is CC(C)(C)C1CCC(N(Cc2ccc(C(=O)N/C(N=N)=N/N)cc2)C(=O)C2CC2c2ccccc2)CC1. The second kappa shape index (κ2) is 11.2. The molecule has 2 fully saturated rings. The normalized spacial score (nSPS) is 23.7. The molecule has 2 aliphatic rings. The number of rotatable bonds is 6. The Morgan fingerprint density at radius 1 is 1.03 bits per heavy atom. The zero-order valence-electron chi connectivity index (χ0n) is 22.0. The summed E-state index contributed by atoms with van der Waals surface area (Å²) in [6.07, 6.45) is 5.22. The van der Waals surface area contributed by atoms with E-state index in [0.717, 1.165) is 37.7 Å². The van der Waals surface area contributed by atoms with Crippen molar-refractivity contribution in [1.29, 1.82) is 5.53 Å². The highest BCUT2D eigenvalue weighted by Gasteiger charge is 2.47. The van der Waals surface area contributed by atoms with Crippen LogP contribution < -0.4 is 11.2 Å². The van der Waals surface area contributed by atoms with Gasteiger partial charge in [0.05, 0.1) is 0 Å². The van der Waals surface area contributed by atoms with E-state index in [4.69, 9.17) is 11.4 Å². The Kier molecular flexibility index (Phi) is 8.05. The van der Waals surface area contributed by atoms with Crippen LogP contribution in [0.3, 0.4) is 0 Å². The molecule has 4 rings (SSSR count). The number of carbonyl (C=O) groups excluding carboxylic acids is 2. The number of nitrogens with two attached hydrogens (primary N) is 1. The lowest BCUT2D eigenvalue weighted by atomic mass is 9.71. The van der Waals surface area contributed by atoms with E-state index in [9.17, 15) is 9.59 Å². The maximum Gasteiger partial charge on any atom is 0.265 e. The molecule has 8 nitrogen and oxygen atoms in total. The van der Waals surface area contributed by atoms with Crippen LogP contribution in [-0.4, -0.2) is 28.7 Å². The smallest absolute Gasteiger partial charge is 0.265 e. The number of carbonyl (C=O) groups is 2. The summed E-state index contributed by atoms with van der Waals surface area (Å²) in [5.41, 5.74) is 9.90. The van der Waals surface area contributed by atoms with E-state index in [2.05, 4.69) is 53.3 Å². The summed E-state index contributed by atoms with van der Waals surface area (Å²) in [6.45, 7) is 7.47. The quantitative estimate of drug-likeness (QED) is 0.161. The number of nitrogens with one attached hydrogen (secondary N) is 2. The molecular formula is C29H38N6O2. The molecule has 0 radical (unpaired) electrons. The van der Waals surface area contributed by atoms with E-state index >= 15 is 0 Å². The predicted octanol–water partition coefficient (Wildman–Crippen LogP) is 5.41. The lowest BCUT2D eigenvalue weighted by Crippen LogP contribution is -2.44. The van der Waals surface area contributed by atoms with Gasteiger partial charge in [0, 0.05) is 24.1 Å². The van der Waals surface area contributed by atoms with Gasteiger partial charge in [-0.1, -0.05) is 63.2 Å². The first-order valence-electron chi connectivity index (χ1n) is 13.1. The van der Waals surface area contributed by atoms with Crippen molar-refractivity contribution in [2.45, 2.75) is 71.4 Å². The molecule has 0 bridgehead atoms. The summed E-state index contributed by atoms with van der Waals surface area (Å²) < 4.78 is 0. The van der Waals surface area contributed by atoms with Gasteiger partial charge in [-0.15, -0.1) is 10.2 Å². The number of hydrogen-bond acceptors (Lipinski definition) is 5. The minimum atomic E-state index is -0.441. The lowest BCUT2D eigenvalue weighted by Gasteiger charge is -2.41. The zero-order valence-corrected chi connectivity index (χ0v) is 22.0. The molecule has 2 atom stereocenters. The predicted molar refractivity (Wildman–Crippen MR) is 144 cm³/mol. The third kappa shape index (κ3) is 6.42. The number of hydrazone groups is 1. The average molecular weight is 503 g/mol. The van der Waals surface area contributed by atoms with Gasteiger partial charge in [-0.3, -0.25) is 14.9 Å². The van der Waals surface area contributed by atoms with E-state index in [1.54, 1.807) is 12.1 Å². The van der Waals surface area contributed by atoms with Crippen molar-refractivity contribution >= 4 is 17.8 Å². The summed E-state index contributed by atoms with van der Waals surface area (Å²) in [6, 6.07) is 17.8. The third-order valence-electron chi connectivity index (χ3n) is 8.00. The van der Waals surface area contributed by atoms with Gasteiger partial charge in [0.15, 0.2) is 0 Å². The van der Waals surface area contributed by atoms with Crippen LogP contribution in [0.15, 0.2) is 64.8 Å². The van der Waals surface area contributed by atoms with Crippen molar-refractivity contribution in [3.63, 3.8) is 0 Å². The Labute approximate surface area is 219 Å². The Morgan fingerprint density at radius 2 is 1.68 bits per heavy atom. The fourth-order valence-corrected chi connectivity index (χ4v) is 5.61. The molecule has 2 aromatic rings. The molecule has 2 amide bonds. The van der Waals surface area contributed by atoms with Crippen LogP contribution in [0.4, 0.5) is 0 Å². The lowest BCUT2D eigenvalue weighted by molar-refractivity contribution is -0.137. The third-order valence-corrected chi connectivity index (χ3v) is 8.00. The fraction of sp³-hybridized carbons (Fsp3) is 0.483. The van der Waals surface area contributed by atoms with E-state index < -0.39 is 5.91 Å². The van der Waals surface area contributed by atoms with Gasteiger partial charge in [-0.2, -0.15) is 0 Å². The average Bonchev–Trinajstić information content (AvgIpc) is 3.71. The highest BCUT2D eigenvalue weighted by molar-refractivity contribution is 6.05. The summed E-state index contributed by atoms with van der Waals surface area (Å²) >= 11 is 0. The fourth-order valence-electron chi connectivity index (χ4n) is 5.61. The van der Waals surface area contributed by atoms with E-state index in [1.165, 1.54) is 5.56 Å². The highest BCUT2D eigenvalue weighted by Crippen LogP contribution is 2.49. The van der Waals surface area contributed by atoms with E-state index in [0.29, 0.717) is 23.9 Å². The summed E-state index contributed by atoms with van der Waals surface area (Å²) in [4.78, 5) is 28.3. The van der Waals surface area contributed by atoms with Gasteiger partial charge in [0.25, 0.3) is 11.9 Å². The molecule has 2 saturated carbocycles. The second-order valence-corrected chi connectivity index (χ2v) is 11.4. The molecule has 0 saturated heterocycles. The molecule has 4 N–H and O–H groups in total. The van der Waals surface area contributed by atoms with Crippen molar-refractivity contribution in [2.24, 2.45) is 33.3 Å². The number of hydrogen-bond donors (Lipinski definition) is 3. The van der Waals surface area contributed by atoms with Gasteiger partial charge >= 0.3 is 0 Å². The topological polar surface area (TPSA) is 124 Å². The van der Waals surface area contributed by atoms with Gasteiger partial charge < -0.3 is 10.7 Å². The van der Waals surface area contributed by atoms with Crippen LogP contribution in [0, 0.1) is 22.8 Å². The molecule has 0 aromatic heterocycles. The van der Waals surface area contributed by atoms with Crippen molar-refractivity contribution < 1.29 is 9.59 Å². The summed E-state index contributed by atoms with van der Waals surface area (Å²) in [5.74, 6) is 5.68. The standard InChI is InChI=1S/C29H38N6O2/c1-29(2,3)22-13-15-23(16-14-22)35(27(37)25-17-24(25)20-7-5-4-6-8-20)18-19-9-11-21(12-10-19)26(36)32-28(33-30)34-31/h4-12,22-25,30H,13-18,31H2,1-3H3,(H,32,34,36). The second-order valence-electron chi connectivity index (χ2n) is 11.4. The molecule has 2 aromatic carbocycles. The highest BCUT2D eigenvalue weighted by atomic mass is 16.2. The number of amides is 2. The number of nitrogens with zero attached hydrogens (tertiary/aromatic N) is 3. The number of benzene rings is 2. The Morgan fingerprint density at radius 3 is 2.24 bits per heavy atom. The molecule has 0 spiro atoms. The van der Waals surface area contributed by atoms with Gasteiger partial charge in [0.1, 0.15) is 0 Å².